The van der Waals surface area contributed by atoms with Gasteiger partial charge in [-0.05, 0) is 6.92 Å². The smallest absolute Gasteiger partial charge is 0.248 e. The van der Waals surface area contributed by atoms with E-state index in [0.29, 0.717) is 13.1 Å². The van der Waals surface area contributed by atoms with E-state index in [9.17, 15) is 4.79 Å². The highest BCUT2D eigenvalue weighted by Gasteiger charge is 2.23. The quantitative estimate of drug-likeness (QED) is 0.642. The van der Waals surface area contributed by atoms with E-state index in [0.717, 1.165) is 13.1 Å². The molecule has 0 bridgehead atoms. The first-order valence-electron chi connectivity index (χ1n) is 5.09. The van der Waals surface area contributed by atoms with Gasteiger partial charge in [-0.1, -0.05) is 0 Å². The Bertz CT molecular complexity index is 254. The van der Waals surface area contributed by atoms with Crippen molar-refractivity contribution in [3.05, 3.63) is 0 Å². The van der Waals surface area contributed by atoms with E-state index >= 15 is 0 Å². The Morgan fingerprint density at radius 1 is 1.47 bits per heavy atom. The summed E-state index contributed by atoms with van der Waals surface area (Å²) >= 11 is 0. The minimum absolute atomic E-state index is 0.0294. The van der Waals surface area contributed by atoms with E-state index in [2.05, 4.69) is 11.0 Å². The van der Waals surface area contributed by atoms with Gasteiger partial charge in [-0.2, -0.15) is 5.26 Å². The van der Waals surface area contributed by atoms with Crippen molar-refractivity contribution in [1.29, 1.82) is 5.26 Å². The molecule has 1 atom stereocenters. The first-order valence-corrected chi connectivity index (χ1v) is 5.09. The number of nitriles is 1. The number of ether oxygens (including phenoxy) is 1. The van der Waals surface area contributed by atoms with Crippen LogP contribution in [0.25, 0.3) is 0 Å². The maximum atomic E-state index is 11.5. The number of hydrogen-bond donors (Lipinski definition) is 0. The second-order valence-corrected chi connectivity index (χ2v) is 3.65. The monoisotopic (exact) mass is 211 g/mol. The van der Waals surface area contributed by atoms with Gasteiger partial charge in [0.15, 0.2) is 0 Å². The molecule has 0 saturated carbocycles. The van der Waals surface area contributed by atoms with Crippen LogP contribution >= 0.6 is 0 Å². The summed E-state index contributed by atoms with van der Waals surface area (Å²) in [5.74, 6) is 0.0294. The van der Waals surface area contributed by atoms with Crippen molar-refractivity contribution in [2.45, 2.75) is 13.0 Å². The zero-order valence-electron chi connectivity index (χ0n) is 9.27. The first-order chi connectivity index (χ1) is 7.19. The van der Waals surface area contributed by atoms with E-state index < -0.39 is 0 Å². The molecule has 0 aromatic carbocycles. The third-order valence-electron chi connectivity index (χ3n) is 2.67. The molecule has 0 aromatic rings. The van der Waals surface area contributed by atoms with Crippen molar-refractivity contribution in [2.75, 3.05) is 39.9 Å². The number of amides is 1. The topological polar surface area (TPSA) is 56.6 Å². The molecule has 1 saturated heterocycles. The van der Waals surface area contributed by atoms with Gasteiger partial charge in [0.25, 0.3) is 0 Å². The van der Waals surface area contributed by atoms with Crippen LogP contribution in [0, 0.1) is 11.3 Å². The number of carbonyl (C=O) groups is 1. The van der Waals surface area contributed by atoms with Gasteiger partial charge in [0.05, 0.1) is 12.1 Å². The van der Waals surface area contributed by atoms with Crippen molar-refractivity contribution in [3.63, 3.8) is 0 Å². The van der Waals surface area contributed by atoms with Crippen molar-refractivity contribution >= 4 is 5.91 Å². The predicted molar refractivity (Wildman–Crippen MR) is 55.1 cm³/mol. The molecule has 1 aliphatic heterocycles. The lowest BCUT2D eigenvalue weighted by molar-refractivity contribution is -0.137. The maximum absolute atomic E-state index is 11.5. The molecule has 1 aliphatic rings. The molecule has 5 heteroatoms. The van der Waals surface area contributed by atoms with Gasteiger partial charge in [-0.25, -0.2) is 0 Å². The second-order valence-electron chi connectivity index (χ2n) is 3.65. The summed E-state index contributed by atoms with van der Waals surface area (Å²) < 4.78 is 4.80. The second kappa shape index (κ2) is 5.69. The molecule has 5 nitrogen and oxygen atoms in total. The average molecular weight is 211 g/mol. The molecular weight excluding hydrogens is 194 g/mol. The van der Waals surface area contributed by atoms with Crippen LogP contribution in [0.15, 0.2) is 0 Å². The molecule has 1 unspecified atom stereocenters. The van der Waals surface area contributed by atoms with Gasteiger partial charge in [-0.15, -0.1) is 0 Å². The van der Waals surface area contributed by atoms with E-state index in [1.54, 1.807) is 4.90 Å². The molecule has 1 heterocycles. The molecule has 0 radical (unpaired) electrons. The van der Waals surface area contributed by atoms with Crippen molar-refractivity contribution in [1.82, 2.24) is 9.80 Å². The third-order valence-corrected chi connectivity index (χ3v) is 2.67. The number of methoxy groups -OCH3 is 1. The van der Waals surface area contributed by atoms with Crippen molar-refractivity contribution in [3.8, 4) is 6.07 Å². The highest BCUT2D eigenvalue weighted by molar-refractivity contribution is 5.77. The molecule has 0 N–H and O–H groups in total. The molecule has 0 aliphatic carbocycles. The number of rotatable bonds is 3. The Morgan fingerprint density at radius 2 is 2.07 bits per heavy atom. The lowest BCUT2D eigenvalue weighted by Crippen LogP contribution is -2.51. The zero-order chi connectivity index (χ0) is 11.3. The molecule has 1 fully saturated rings. The molecule has 0 aromatic heterocycles. The van der Waals surface area contributed by atoms with Crippen molar-refractivity contribution in [2.24, 2.45) is 0 Å². The molecule has 1 rings (SSSR count). The van der Waals surface area contributed by atoms with Crippen LogP contribution in [-0.2, 0) is 9.53 Å². The van der Waals surface area contributed by atoms with Gasteiger partial charge in [0.1, 0.15) is 6.61 Å². The molecule has 84 valence electrons. The van der Waals surface area contributed by atoms with E-state index in [1.807, 2.05) is 6.92 Å². The number of carbonyl (C=O) groups excluding carboxylic acids is 1. The van der Waals surface area contributed by atoms with Crippen LogP contribution in [-0.4, -0.2) is 61.6 Å². The first kappa shape index (κ1) is 12.0. The summed E-state index contributed by atoms with van der Waals surface area (Å²) in [6.07, 6.45) is 0. The van der Waals surface area contributed by atoms with Crippen LogP contribution in [0.2, 0.25) is 0 Å². The van der Waals surface area contributed by atoms with Crippen molar-refractivity contribution < 1.29 is 9.53 Å². The summed E-state index contributed by atoms with van der Waals surface area (Å²) in [4.78, 5) is 15.3. The van der Waals surface area contributed by atoms with Crippen LogP contribution in [0.3, 0.4) is 0 Å². The summed E-state index contributed by atoms with van der Waals surface area (Å²) in [5, 5.41) is 8.75. The standard InChI is InChI=1S/C10H17N3O2/c1-9(7-11)12-3-5-13(6-4-12)10(14)8-15-2/h9H,3-6,8H2,1-2H3. The Balaban J connectivity index is 2.36. The largest absolute Gasteiger partial charge is 0.375 e. The number of hydrogen-bond acceptors (Lipinski definition) is 4. The average Bonchev–Trinajstić information content (AvgIpc) is 2.28. The number of piperazine rings is 1. The summed E-state index contributed by atoms with van der Waals surface area (Å²) in [6, 6.07) is 2.14. The summed E-state index contributed by atoms with van der Waals surface area (Å²) in [7, 11) is 1.52. The highest BCUT2D eigenvalue weighted by atomic mass is 16.5. The van der Waals surface area contributed by atoms with Gasteiger partial charge < -0.3 is 9.64 Å². The predicted octanol–water partition coefficient (Wildman–Crippen LogP) is -0.311. The van der Waals surface area contributed by atoms with Crippen LogP contribution in [0.5, 0.6) is 0 Å². The van der Waals surface area contributed by atoms with Gasteiger partial charge >= 0.3 is 0 Å². The minimum Gasteiger partial charge on any atom is -0.375 e. The molecular formula is C10H17N3O2. The Hall–Kier alpha value is -1.12. The third kappa shape index (κ3) is 3.18. The lowest BCUT2D eigenvalue weighted by Gasteiger charge is -2.35. The van der Waals surface area contributed by atoms with Crippen LogP contribution in [0.4, 0.5) is 0 Å². The number of nitrogens with zero attached hydrogens (tertiary/aromatic N) is 3. The minimum atomic E-state index is -0.0651. The fraction of sp³-hybridized carbons (Fsp3) is 0.800. The fourth-order valence-corrected chi connectivity index (χ4v) is 1.66. The van der Waals surface area contributed by atoms with Crippen LogP contribution in [0.1, 0.15) is 6.92 Å². The van der Waals surface area contributed by atoms with E-state index in [4.69, 9.17) is 10.00 Å². The van der Waals surface area contributed by atoms with Crippen LogP contribution < -0.4 is 0 Å². The Kier molecular flexibility index (Phi) is 4.53. The zero-order valence-corrected chi connectivity index (χ0v) is 9.27. The molecule has 0 spiro atoms. The van der Waals surface area contributed by atoms with Gasteiger partial charge in [-0.3, -0.25) is 9.69 Å². The van der Waals surface area contributed by atoms with E-state index in [1.165, 1.54) is 7.11 Å². The molecule has 15 heavy (non-hydrogen) atoms. The fourth-order valence-electron chi connectivity index (χ4n) is 1.66. The van der Waals surface area contributed by atoms with Gasteiger partial charge in [0.2, 0.25) is 5.91 Å². The Labute approximate surface area is 90.2 Å². The van der Waals surface area contributed by atoms with Gasteiger partial charge in [0, 0.05) is 33.3 Å². The summed E-state index contributed by atoms with van der Waals surface area (Å²) in [5.41, 5.74) is 0. The normalized spacial score (nSPS) is 19.7. The molecule has 1 amide bonds. The van der Waals surface area contributed by atoms with E-state index in [-0.39, 0.29) is 18.6 Å². The highest BCUT2D eigenvalue weighted by Crippen LogP contribution is 2.05. The maximum Gasteiger partial charge on any atom is 0.248 e. The SMILES string of the molecule is COCC(=O)N1CCN(C(C)C#N)CC1. The lowest BCUT2D eigenvalue weighted by atomic mass is 10.2. The Morgan fingerprint density at radius 3 is 2.53 bits per heavy atom. The summed E-state index contributed by atoms with van der Waals surface area (Å²) in [6.45, 7) is 4.94.